The Morgan fingerprint density at radius 3 is 2.53 bits per heavy atom. The highest BCUT2D eigenvalue weighted by atomic mass is 19.1. The van der Waals surface area contributed by atoms with Gasteiger partial charge in [-0.1, -0.05) is 29.5 Å². The molecule has 0 unspecified atom stereocenters. The Hall–Kier alpha value is -3.87. The lowest BCUT2D eigenvalue weighted by Gasteiger charge is -2.10. The van der Waals surface area contributed by atoms with Crippen molar-refractivity contribution in [1.82, 2.24) is 25.3 Å². The first kappa shape index (κ1) is 19.4. The van der Waals surface area contributed by atoms with Gasteiger partial charge in [-0.3, -0.25) is 9.78 Å². The van der Waals surface area contributed by atoms with Gasteiger partial charge in [-0.2, -0.15) is 0 Å². The van der Waals surface area contributed by atoms with Crippen LogP contribution in [0.1, 0.15) is 27.2 Å². The SMILES string of the molecule is Cc1ccc(-n2nnc(C(=O)NCc3ccccc3F)c2-c2ccncc2)cc1C. The lowest BCUT2D eigenvalue weighted by atomic mass is 10.1. The molecular formula is C23H20FN5O. The van der Waals surface area contributed by atoms with Gasteiger partial charge < -0.3 is 5.32 Å². The topological polar surface area (TPSA) is 72.7 Å². The molecule has 0 bridgehead atoms. The number of carbonyl (C=O) groups is 1. The van der Waals surface area contributed by atoms with Crippen molar-refractivity contribution in [2.75, 3.05) is 0 Å². The fourth-order valence-electron chi connectivity index (χ4n) is 3.14. The fourth-order valence-corrected chi connectivity index (χ4v) is 3.14. The van der Waals surface area contributed by atoms with E-state index in [1.807, 2.05) is 32.0 Å². The molecule has 150 valence electrons. The van der Waals surface area contributed by atoms with Crippen molar-refractivity contribution in [3.05, 3.63) is 95.2 Å². The number of amides is 1. The van der Waals surface area contributed by atoms with E-state index < -0.39 is 5.91 Å². The molecule has 1 amide bonds. The largest absolute Gasteiger partial charge is 0.346 e. The van der Waals surface area contributed by atoms with Crippen LogP contribution in [0, 0.1) is 19.7 Å². The van der Waals surface area contributed by atoms with Gasteiger partial charge in [-0.15, -0.1) is 5.10 Å². The highest BCUT2D eigenvalue weighted by Gasteiger charge is 2.22. The highest BCUT2D eigenvalue weighted by molar-refractivity contribution is 5.98. The summed E-state index contributed by atoms with van der Waals surface area (Å²) in [6.07, 6.45) is 3.29. The molecule has 0 aliphatic rings. The summed E-state index contributed by atoms with van der Waals surface area (Å²) < 4.78 is 15.5. The number of pyridine rings is 1. The lowest BCUT2D eigenvalue weighted by Crippen LogP contribution is -2.24. The molecule has 2 heterocycles. The average molecular weight is 401 g/mol. The van der Waals surface area contributed by atoms with E-state index in [2.05, 4.69) is 20.6 Å². The molecule has 2 aromatic carbocycles. The zero-order valence-electron chi connectivity index (χ0n) is 16.6. The van der Waals surface area contributed by atoms with Crippen LogP contribution in [0.4, 0.5) is 4.39 Å². The molecule has 0 radical (unpaired) electrons. The first-order chi connectivity index (χ1) is 14.5. The molecule has 7 heteroatoms. The van der Waals surface area contributed by atoms with Crippen LogP contribution in [0.25, 0.3) is 16.9 Å². The number of carbonyl (C=O) groups excluding carboxylic acids is 1. The van der Waals surface area contributed by atoms with Crippen molar-refractivity contribution in [2.24, 2.45) is 0 Å². The molecule has 2 aromatic heterocycles. The van der Waals surface area contributed by atoms with Crippen molar-refractivity contribution in [3.8, 4) is 16.9 Å². The van der Waals surface area contributed by atoms with E-state index in [4.69, 9.17) is 0 Å². The zero-order chi connectivity index (χ0) is 21.1. The van der Waals surface area contributed by atoms with E-state index in [-0.39, 0.29) is 18.1 Å². The second kappa shape index (κ2) is 8.24. The second-order valence-electron chi connectivity index (χ2n) is 6.98. The van der Waals surface area contributed by atoms with E-state index >= 15 is 0 Å². The number of nitrogens with zero attached hydrogens (tertiary/aromatic N) is 4. The first-order valence-corrected chi connectivity index (χ1v) is 9.50. The maximum absolute atomic E-state index is 13.9. The maximum atomic E-state index is 13.9. The normalized spacial score (nSPS) is 10.8. The summed E-state index contributed by atoms with van der Waals surface area (Å²) in [6, 6.07) is 15.8. The van der Waals surface area contributed by atoms with Crippen LogP contribution in [0.15, 0.2) is 67.0 Å². The summed E-state index contributed by atoms with van der Waals surface area (Å²) in [4.78, 5) is 17.0. The number of rotatable bonds is 5. The second-order valence-corrected chi connectivity index (χ2v) is 6.98. The van der Waals surface area contributed by atoms with Gasteiger partial charge in [0.2, 0.25) is 0 Å². The number of halogens is 1. The quantitative estimate of drug-likeness (QED) is 0.548. The van der Waals surface area contributed by atoms with Gasteiger partial charge in [0.05, 0.1) is 5.69 Å². The zero-order valence-corrected chi connectivity index (χ0v) is 16.6. The van der Waals surface area contributed by atoms with Crippen LogP contribution in [-0.4, -0.2) is 25.9 Å². The van der Waals surface area contributed by atoms with Gasteiger partial charge >= 0.3 is 0 Å². The van der Waals surface area contributed by atoms with E-state index in [0.29, 0.717) is 11.3 Å². The molecule has 0 aliphatic carbocycles. The van der Waals surface area contributed by atoms with Crippen molar-refractivity contribution < 1.29 is 9.18 Å². The number of hydrogen-bond acceptors (Lipinski definition) is 4. The average Bonchev–Trinajstić information content (AvgIpc) is 3.21. The molecule has 4 aromatic rings. The Morgan fingerprint density at radius 1 is 1.03 bits per heavy atom. The summed E-state index contributed by atoms with van der Waals surface area (Å²) in [5.41, 5.74) is 4.93. The molecule has 4 rings (SSSR count). The number of hydrogen-bond donors (Lipinski definition) is 1. The molecule has 1 N–H and O–H groups in total. The fraction of sp³-hybridized carbons (Fsp3) is 0.130. The van der Waals surface area contributed by atoms with Crippen molar-refractivity contribution in [2.45, 2.75) is 20.4 Å². The standard InChI is InChI=1S/C23H20FN5O/c1-15-7-8-19(13-16(15)2)29-22(17-9-11-25-12-10-17)21(27-28-29)23(30)26-14-18-5-3-4-6-20(18)24/h3-13H,14H2,1-2H3,(H,26,30). The molecule has 0 saturated heterocycles. The number of aryl methyl sites for hydroxylation is 2. The maximum Gasteiger partial charge on any atom is 0.274 e. The molecule has 0 saturated carbocycles. The van der Waals surface area contributed by atoms with Gasteiger partial charge in [-0.05, 0) is 55.3 Å². The minimum Gasteiger partial charge on any atom is -0.346 e. The third kappa shape index (κ3) is 3.82. The summed E-state index contributed by atoms with van der Waals surface area (Å²) in [5.74, 6) is -0.800. The van der Waals surface area contributed by atoms with E-state index in [1.54, 1.807) is 47.4 Å². The van der Waals surface area contributed by atoms with Crippen LogP contribution >= 0.6 is 0 Å². The van der Waals surface area contributed by atoms with Gasteiger partial charge in [0.25, 0.3) is 5.91 Å². The van der Waals surface area contributed by atoms with E-state index in [1.165, 1.54) is 6.07 Å². The van der Waals surface area contributed by atoms with Crippen LogP contribution in [0.2, 0.25) is 0 Å². The molecule has 6 nitrogen and oxygen atoms in total. The predicted molar refractivity (Wildman–Crippen MR) is 112 cm³/mol. The Morgan fingerprint density at radius 2 is 1.80 bits per heavy atom. The number of benzene rings is 2. The van der Waals surface area contributed by atoms with Crippen LogP contribution in [0.5, 0.6) is 0 Å². The van der Waals surface area contributed by atoms with Gasteiger partial charge in [0, 0.05) is 30.1 Å². The predicted octanol–water partition coefficient (Wildman–Crippen LogP) is 4.02. The third-order valence-electron chi connectivity index (χ3n) is 4.97. The Balaban J connectivity index is 1.73. The minimum absolute atomic E-state index is 0.0534. The van der Waals surface area contributed by atoms with Crippen molar-refractivity contribution in [1.29, 1.82) is 0 Å². The molecule has 0 spiro atoms. The monoisotopic (exact) mass is 401 g/mol. The van der Waals surface area contributed by atoms with E-state index in [0.717, 1.165) is 22.4 Å². The molecular weight excluding hydrogens is 381 g/mol. The van der Waals surface area contributed by atoms with Crippen LogP contribution < -0.4 is 5.32 Å². The third-order valence-corrected chi connectivity index (χ3v) is 4.97. The molecule has 0 aliphatic heterocycles. The Kier molecular flexibility index (Phi) is 5.34. The summed E-state index contributed by atoms with van der Waals surface area (Å²) in [5, 5.41) is 11.1. The van der Waals surface area contributed by atoms with Crippen molar-refractivity contribution >= 4 is 5.91 Å². The summed E-state index contributed by atoms with van der Waals surface area (Å²) in [7, 11) is 0. The molecule has 30 heavy (non-hydrogen) atoms. The number of aromatic nitrogens is 4. The Bertz CT molecular complexity index is 1200. The van der Waals surface area contributed by atoms with Gasteiger partial charge in [0.15, 0.2) is 5.69 Å². The lowest BCUT2D eigenvalue weighted by molar-refractivity contribution is 0.0946. The Labute approximate surface area is 173 Å². The van der Waals surface area contributed by atoms with Crippen molar-refractivity contribution in [3.63, 3.8) is 0 Å². The summed E-state index contributed by atoms with van der Waals surface area (Å²) >= 11 is 0. The van der Waals surface area contributed by atoms with E-state index in [9.17, 15) is 9.18 Å². The van der Waals surface area contributed by atoms with Crippen LogP contribution in [-0.2, 0) is 6.54 Å². The smallest absolute Gasteiger partial charge is 0.274 e. The summed E-state index contributed by atoms with van der Waals surface area (Å²) in [6.45, 7) is 4.10. The molecule has 0 fully saturated rings. The highest BCUT2D eigenvalue weighted by Crippen LogP contribution is 2.26. The van der Waals surface area contributed by atoms with Crippen LogP contribution in [0.3, 0.4) is 0 Å². The number of nitrogens with one attached hydrogen (secondary N) is 1. The minimum atomic E-state index is -0.430. The van der Waals surface area contributed by atoms with Gasteiger partial charge in [0.1, 0.15) is 11.5 Å². The van der Waals surface area contributed by atoms with Gasteiger partial charge in [-0.25, -0.2) is 9.07 Å². The molecule has 0 atom stereocenters. The first-order valence-electron chi connectivity index (χ1n) is 9.50.